The number of nitrogens with zero attached hydrogens (tertiary/aromatic N) is 3. The molecule has 2 aromatic heterocycles. The summed E-state index contributed by atoms with van der Waals surface area (Å²) in [5, 5.41) is 2.86. The van der Waals surface area contributed by atoms with E-state index in [4.69, 9.17) is 4.42 Å². The number of anilines is 1. The SMILES string of the molecule is O=C(Nc1nccnc1C1CC1)C1CC(=O)N(Cc2ccco2)C1. The van der Waals surface area contributed by atoms with Gasteiger partial charge in [-0.1, -0.05) is 0 Å². The molecule has 124 valence electrons. The summed E-state index contributed by atoms with van der Waals surface area (Å²) >= 11 is 0. The minimum Gasteiger partial charge on any atom is -0.467 e. The molecule has 24 heavy (non-hydrogen) atoms. The van der Waals surface area contributed by atoms with Crippen molar-refractivity contribution in [2.24, 2.45) is 5.92 Å². The van der Waals surface area contributed by atoms with Crippen molar-refractivity contribution in [3.8, 4) is 0 Å². The molecular weight excluding hydrogens is 308 g/mol. The normalized spacial score (nSPS) is 20.4. The number of nitrogens with one attached hydrogen (secondary N) is 1. The van der Waals surface area contributed by atoms with Crippen molar-refractivity contribution in [3.63, 3.8) is 0 Å². The van der Waals surface area contributed by atoms with Gasteiger partial charge in [0.1, 0.15) is 5.76 Å². The van der Waals surface area contributed by atoms with E-state index in [-0.39, 0.29) is 24.2 Å². The Morgan fingerprint density at radius 2 is 2.17 bits per heavy atom. The van der Waals surface area contributed by atoms with Gasteiger partial charge in [0.2, 0.25) is 11.8 Å². The number of hydrogen-bond acceptors (Lipinski definition) is 5. The fourth-order valence-electron chi connectivity index (χ4n) is 3.01. The molecule has 1 aliphatic heterocycles. The Kier molecular flexibility index (Phi) is 3.76. The first-order valence-corrected chi connectivity index (χ1v) is 8.12. The lowest BCUT2D eigenvalue weighted by molar-refractivity contribution is -0.128. The standard InChI is InChI=1S/C17H18N4O3/c22-14-8-12(9-21(14)10-13-2-1-7-24-13)17(23)20-16-15(11-3-4-11)18-5-6-19-16/h1-2,5-7,11-12H,3-4,8-10H2,(H,19,20,23). The Hall–Kier alpha value is -2.70. The van der Waals surface area contributed by atoms with Crippen LogP contribution in [0.3, 0.4) is 0 Å². The van der Waals surface area contributed by atoms with E-state index >= 15 is 0 Å². The average molecular weight is 326 g/mol. The Morgan fingerprint density at radius 1 is 1.33 bits per heavy atom. The summed E-state index contributed by atoms with van der Waals surface area (Å²) < 4.78 is 5.27. The van der Waals surface area contributed by atoms with Crippen LogP contribution in [0.1, 0.15) is 36.6 Å². The van der Waals surface area contributed by atoms with Crippen LogP contribution in [-0.2, 0) is 16.1 Å². The highest BCUT2D eigenvalue weighted by atomic mass is 16.3. The van der Waals surface area contributed by atoms with Crippen molar-refractivity contribution in [1.82, 2.24) is 14.9 Å². The van der Waals surface area contributed by atoms with Gasteiger partial charge in [-0.25, -0.2) is 4.98 Å². The molecule has 7 heteroatoms. The van der Waals surface area contributed by atoms with Crippen LogP contribution in [-0.4, -0.2) is 33.2 Å². The Balaban J connectivity index is 1.41. The van der Waals surface area contributed by atoms with E-state index in [9.17, 15) is 9.59 Å². The minimum atomic E-state index is -0.374. The van der Waals surface area contributed by atoms with Crippen molar-refractivity contribution in [2.45, 2.75) is 31.7 Å². The van der Waals surface area contributed by atoms with Crippen molar-refractivity contribution in [3.05, 3.63) is 42.2 Å². The van der Waals surface area contributed by atoms with Crippen LogP contribution < -0.4 is 5.32 Å². The molecule has 1 saturated carbocycles. The summed E-state index contributed by atoms with van der Waals surface area (Å²) in [4.78, 5) is 34.9. The molecule has 3 heterocycles. The third kappa shape index (κ3) is 3.02. The van der Waals surface area contributed by atoms with Crippen LogP contribution >= 0.6 is 0 Å². The van der Waals surface area contributed by atoms with E-state index in [0.29, 0.717) is 30.6 Å². The molecule has 4 rings (SSSR count). The fourth-order valence-corrected chi connectivity index (χ4v) is 3.01. The van der Waals surface area contributed by atoms with Crippen LogP contribution in [0.2, 0.25) is 0 Å². The maximum atomic E-state index is 12.5. The van der Waals surface area contributed by atoms with Crippen molar-refractivity contribution < 1.29 is 14.0 Å². The molecule has 2 aromatic rings. The zero-order chi connectivity index (χ0) is 16.5. The summed E-state index contributed by atoms with van der Waals surface area (Å²) in [5.74, 6) is 1.06. The van der Waals surface area contributed by atoms with Gasteiger partial charge in [0, 0.05) is 31.3 Å². The monoisotopic (exact) mass is 326 g/mol. The molecule has 1 N–H and O–H groups in total. The van der Waals surface area contributed by atoms with Crippen molar-refractivity contribution in [2.75, 3.05) is 11.9 Å². The lowest BCUT2D eigenvalue weighted by atomic mass is 10.1. The highest BCUT2D eigenvalue weighted by Crippen LogP contribution is 2.41. The first kappa shape index (κ1) is 14.9. The van der Waals surface area contributed by atoms with E-state index in [1.807, 2.05) is 6.07 Å². The molecule has 1 saturated heterocycles. The van der Waals surface area contributed by atoms with Gasteiger partial charge in [0.25, 0.3) is 0 Å². The number of hydrogen-bond donors (Lipinski definition) is 1. The van der Waals surface area contributed by atoms with Crippen LogP contribution in [0.25, 0.3) is 0 Å². The molecule has 0 spiro atoms. The van der Waals surface area contributed by atoms with Gasteiger partial charge < -0.3 is 14.6 Å². The zero-order valence-corrected chi connectivity index (χ0v) is 13.1. The van der Waals surface area contributed by atoms with Gasteiger partial charge in [-0.05, 0) is 25.0 Å². The molecule has 0 aromatic carbocycles. The number of furan rings is 1. The Labute approximate surface area is 139 Å². The third-order valence-corrected chi connectivity index (χ3v) is 4.44. The molecule has 7 nitrogen and oxygen atoms in total. The van der Waals surface area contributed by atoms with Crippen LogP contribution in [0.15, 0.2) is 35.2 Å². The van der Waals surface area contributed by atoms with E-state index in [1.54, 1.807) is 29.6 Å². The molecule has 1 aliphatic carbocycles. The summed E-state index contributed by atoms with van der Waals surface area (Å²) in [7, 11) is 0. The zero-order valence-electron chi connectivity index (χ0n) is 13.1. The number of carbonyl (C=O) groups excluding carboxylic acids is 2. The Morgan fingerprint density at radius 3 is 2.92 bits per heavy atom. The third-order valence-electron chi connectivity index (χ3n) is 4.44. The second-order valence-corrected chi connectivity index (χ2v) is 6.31. The average Bonchev–Trinajstić information content (AvgIpc) is 3.18. The highest BCUT2D eigenvalue weighted by molar-refractivity contribution is 5.97. The van der Waals surface area contributed by atoms with Gasteiger partial charge in [-0.2, -0.15) is 0 Å². The predicted octanol–water partition coefficient (Wildman–Crippen LogP) is 1.93. The van der Waals surface area contributed by atoms with Crippen LogP contribution in [0.4, 0.5) is 5.82 Å². The largest absolute Gasteiger partial charge is 0.467 e. The summed E-state index contributed by atoms with van der Waals surface area (Å²) in [6.45, 7) is 0.790. The first-order chi connectivity index (χ1) is 11.7. The molecule has 1 atom stereocenters. The van der Waals surface area contributed by atoms with E-state index in [0.717, 1.165) is 18.5 Å². The number of likely N-dealkylation sites (tertiary alicyclic amines) is 1. The predicted molar refractivity (Wildman–Crippen MR) is 84.9 cm³/mol. The molecule has 2 amide bonds. The van der Waals surface area contributed by atoms with Gasteiger partial charge >= 0.3 is 0 Å². The van der Waals surface area contributed by atoms with Gasteiger partial charge in [-0.3, -0.25) is 14.6 Å². The minimum absolute atomic E-state index is 0.0342. The number of carbonyl (C=O) groups is 2. The van der Waals surface area contributed by atoms with E-state index < -0.39 is 0 Å². The molecule has 0 bridgehead atoms. The maximum absolute atomic E-state index is 12.5. The molecule has 2 aliphatic rings. The van der Waals surface area contributed by atoms with Crippen molar-refractivity contribution in [1.29, 1.82) is 0 Å². The topological polar surface area (TPSA) is 88.3 Å². The lowest BCUT2D eigenvalue weighted by Crippen LogP contribution is -2.28. The van der Waals surface area contributed by atoms with Crippen LogP contribution in [0.5, 0.6) is 0 Å². The van der Waals surface area contributed by atoms with Gasteiger partial charge in [0.05, 0.1) is 24.4 Å². The second kappa shape index (κ2) is 6.07. The molecular formula is C17H18N4O3. The number of rotatable bonds is 5. The smallest absolute Gasteiger partial charge is 0.231 e. The summed E-state index contributed by atoms with van der Waals surface area (Å²) in [5.41, 5.74) is 0.850. The van der Waals surface area contributed by atoms with Crippen molar-refractivity contribution >= 4 is 17.6 Å². The molecule has 2 fully saturated rings. The second-order valence-electron chi connectivity index (χ2n) is 6.31. The first-order valence-electron chi connectivity index (χ1n) is 8.12. The van der Waals surface area contributed by atoms with Crippen LogP contribution in [0, 0.1) is 5.92 Å². The van der Waals surface area contributed by atoms with Gasteiger partial charge in [0.15, 0.2) is 5.82 Å². The summed E-state index contributed by atoms with van der Waals surface area (Å²) in [6.07, 6.45) is 7.18. The highest BCUT2D eigenvalue weighted by Gasteiger charge is 2.36. The molecule has 0 radical (unpaired) electrons. The lowest BCUT2D eigenvalue weighted by Gasteiger charge is -2.15. The Bertz CT molecular complexity index is 755. The fraction of sp³-hybridized carbons (Fsp3) is 0.412. The van der Waals surface area contributed by atoms with E-state index in [1.165, 1.54) is 0 Å². The number of aromatic nitrogens is 2. The maximum Gasteiger partial charge on any atom is 0.231 e. The quantitative estimate of drug-likeness (QED) is 0.907. The molecule has 1 unspecified atom stereocenters. The number of amides is 2. The van der Waals surface area contributed by atoms with Gasteiger partial charge in [-0.15, -0.1) is 0 Å². The summed E-state index contributed by atoms with van der Waals surface area (Å²) in [6, 6.07) is 3.61. The van der Waals surface area contributed by atoms with E-state index in [2.05, 4.69) is 15.3 Å².